The van der Waals surface area contributed by atoms with E-state index in [9.17, 15) is 19.4 Å². The van der Waals surface area contributed by atoms with Gasteiger partial charge in [0.15, 0.2) is 0 Å². The monoisotopic (exact) mass is 310 g/mol. The van der Waals surface area contributed by atoms with Crippen molar-refractivity contribution in [2.24, 2.45) is 0 Å². The Balaban J connectivity index is 0.00000264. The Morgan fingerprint density at radius 3 is 2.43 bits per heavy atom. The predicted molar refractivity (Wildman–Crippen MR) is 76.4 cm³/mol. The minimum Gasteiger partial charge on any atom is -0.550 e. The molecule has 23 heavy (non-hydrogen) atoms. The number of aliphatic carboxylic acids is 1. The molecule has 0 heterocycles. The number of hydrogen-bond acceptors (Lipinski definition) is 4. The average molecular weight is 310 g/mol. The van der Waals surface area contributed by atoms with E-state index in [4.69, 9.17) is 4.74 Å². The van der Waals surface area contributed by atoms with Crippen molar-refractivity contribution in [3.05, 3.63) is 65.5 Å². The van der Waals surface area contributed by atoms with Gasteiger partial charge in [-0.2, -0.15) is 0 Å². The van der Waals surface area contributed by atoms with Crippen LogP contribution in [-0.2, 0) is 11.4 Å². The number of carboxylic acid groups (broad SMARTS) is 1. The number of ether oxygens (including phenoxy) is 1. The van der Waals surface area contributed by atoms with Crippen molar-refractivity contribution < 1.29 is 43.0 Å². The van der Waals surface area contributed by atoms with E-state index in [1.807, 2.05) is 0 Å². The molecule has 0 radical (unpaired) electrons. The Labute approximate surface area is 146 Å². The van der Waals surface area contributed by atoms with Crippen molar-refractivity contribution in [3.63, 3.8) is 0 Å². The third-order valence-electron chi connectivity index (χ3n) is 3.24. The molecule has 1 atom stereocenters. The first-order valence-corrected chi connectivity index (χ1v) is 6.90. The number of halogens is 1. The summed E-state index contributed by atoms with van der Waals surface area (Å²) in [5, 5.41) is 20.2. The molecule has 0 fully saturated rings. The SMILES string of the molecule is O=C([O-])CCC(O)c1ccc(OCc2ccccc2F)cc1.[Li+]. The molecule has 6 heteroatoms. The van der Waals surface area contributed by atoms with Crippen LogP contribution in [0.2, 0.25) is 0 Å². The molecule has 116 valence electrons. The molecule has 1 unspecified atom stereocenters. The third-order valence-corrected chi connectivity index (χ3v) is 3.24. The van der Waals surface area contributed by atoms with Gasteiger partial charge in [0.2, 0.25) is 0 Å². The Morgan fingerprint density at radius 2 is 1.83 bits per heavy atom. The van der Waals surface area contributed by atoms with E-state index in [1.165, 1.54) is 6.07 Å². The first-order valence-electron chi connectivity index (χ1n) is 6.90. The summed E-state index contributed by atoms with van der Waals surface area (Å²) in [5.74, 6) is -0.972. The van der Waals surface area contributed by atoms with Gasteiger partial charge in [0, 0.05) is 11.5 Å². The van der Waals surface area contributed by atoms with Gasteiger partial charge in [0.1, 0.15) is 18.2 Å². The molecular formula is C17H16FLiO4. The first kappa shape index (κ1) is 19.2. The van der Waals surface area contributed by atoms with Gasteiger partial charge in [0.05, 0.1) is 6.10 Å². The van der Waals surface area contributed by atoms with Gasteiger partial charge in [0.25, 0.3) is 0 Å². The maximum absolute atomic E-state index is 13.4. The zero-order chi connectivity index (χ0) is 15.9. The Kier molecular flexibility index (Phi) is 7.83. The van der Waals surface area contributed by atoms with Gasteiger partial charge in [-0.15, -0.1) is 0 Å². The van der Waals surface area contributed by atoms with Crippen LogP contribution in [0.1, 0.15) is 30.1 Å². The number of rotatable bonds is 7. The van der Waals surface area contributed by atoms with Gasteiger partial charge in [-0.3, -0.25) is 0 Å². The predicted octanol–water partition coefficient (Wildman–Crippen LogP) is -1.03. The van der Waals surface area contributed by atoms with Crippen LogP contribution in [0.25, 0.3) is 0 Å². The standard InChI is InChI=1S/C17H17FO4.Li/c18-15-4-2-1-3-13(15)11-22-14-7-5-12(6-8-14)16(19)9-10-17(20)21;/h1-8,16,19H,9-11H2,(H,20,21);/q;+1/p-1. The Bertz CT molecular complexity index is 631. The summed E-state index contributed by atoms with van der Waals surface area (Å²) < 4.78 is 18.9. The van der Waals surface area contributed by atoms with Crippen molar-refractivity contribution >= 4 is 5.97 Å². The fraction of sp³-hybridized carbons (Fsp3) is 0.235. The molecule has 0 aromatic heterocycles. The second-order valence-corrected chi connectivity index (χ2v) is 4.88. The van der Waals surface area contributed by atoms with Crippen LogP contribution in [-0.4, -0.2) is 11.1 Å². The zero-order valence-corrected chi connectivity index (χ0v) is 12.9. The van der Waals surface area contributed by atoms with Crippen LogP contribution in [0.3, 0.4) is 0 Å². The average Bonchev–Trinajstić information content (AvgIpc) is 2.52. The van der Waals surface area contributed by atoms with E-state index in [1.54, 1.807) is 42.5 Å². The van der Waals surface area contributed by atoms with Crippen molar-refractivity contribution in [1.29, 1.82) is 0 Å². The largest absolute Gasteiger partial charge is 1.00 e. The molecule has 2 rings (SSSR count). The Hall–Kier alpha value is -1.80. The molecule has 0 saturated carbocycles. The minimum atomic E-state index is -1.19. The van der Waals surface area contributed by atoms with Crippen molar-refractivity contribution in [1.82, 2.24) is 0 Å². The van der Waals surface area contributed by atoms with Gasteiger partial charge in [-0.05, 0) is 36.6 Å². The fourth-order valence-corrected chi connectivity index (χ4v) is 1.98. The zero-order valence-electron chi connectivity index (χ0n) is 12.9. The van der Waals surface area contributed by atoms with Gasteiger partial charge >= 0.3 is 18.9 Å². The topological polar surface area (TPSA) is 69.6 Å². The Morgan fingerprint density at radius 1 is 1.17 bits per heavy atom. The number of hydrogen-bond donors (Lipinski definition) is 1. The summed E-state index contributed by atoms with van der Waals surface area (Å²) in [7, 11) is 0. The third kappa shape index (κ3) is 6.07. The van der Waals surface area contributed by atoms with Gasteiger partial charge < -0.3 is 19.7 Å². The van der Waals surface area contributed by atoms with E-state index >= 15 is 0 Å². The normalized spacial score (nSPS) is 11.4. The fourth-order valence-electron chi connectivity index (χ4n) is 1.98. The molecular weight excluding hydrogens is 294 g/mol. The number of aliphatic hydroxyl groups excluding tert-OH is 1. The van der Waals surface area contributed by atoms with Crippen LogP contribution in [0.5, 0.6) is 5.75 Å². The van der Waals surface area contributed by atoms with E-state index < -0.39 is 12.1 Å². The van der Waals surface area contributed by atoms with Crippen LogP contribution in [0, 0.1) is 5.82 Å². The minimum absolute atomic E-state index is 0. The summed E-state index contributed by atoms with van der Waals surface area (Å²) in [5.41, 5.74) is 1.06. The van der Waals surface area contributed by atoms with Gasteiger partial charge in [-0.25, -0.2) is 4.39 Å². The second kappa shape index (κ2) is 9.36. The van der Waals surface area contributed by atoms with Crippen molar-refractivity contribution in [2.45, 2.75) is 25.6 Å². The summed E-state index contributed by atoms with van der Waals surface area (Å²) in [4.78, 5) is 10.4. The molecule has 0 saturated heterocycles. The maximum atomic E-state index is 13.4. The quantitative estimate of drug-likeness (QED) is 0.664. The van der Waals surface area contributed by atoms with Crippen LogP contribution in [0.15, 0.2) is 48.5 Å². The summed E-state index contributed by atoms with van der Waals surface area (Å²) in [6.45, 7) is 0.110. The maximum Gasteiger partial charge on any atom is 1.00 e. The number of carbonyl (C=O) groups is 1. The van der Waals surface area contributed by atoms with E-state index in [0.717, 1.165) is 0 Å². The van der Waals surface area contributed by atoms with Crippen LogP contribution in [0.4, 0.5) is 4.39 Å². The molecule has 0 bridgehead atoms. The summed E-state index contributed by atoms with van der Waals surface area (Å²) in [6, 6.07) is 13.0. The molecule has 2 aromatic carbocycles. The molecule has 0 aliphatic carbocycles. The van der Waals surface area contributed by atoms with Crippen LogP contribution >= 0.6 is 0 Å². The van der Waals surface area contributed by atoms with E-state index in [-0.39, 0.29) is 44.1 Å². The molecule has 0 aliphatic heterocycles. The first-order chi connectivity index (χ1) is 10.6. The summed E-state index contributed by atoms with van der Waals surface area (Å²) in [6.07, 6.45) is -0.969. The second-order valence-electron chi connectivity index (χ2n) is 4.88. The van der Waals surface area contributed by atoms with Gasteiger partial charge in [-0.1, -0.05) is 30.3 Å². The molecule has 0 amide bonds. The number of benzene rings is 2. The van der Waals surface area contributed by atoms with E-state index in [0.29, 0.717) is 16.9 Å². The van der Waals surface area contributed by atoms with Crippen molar-refractivity contribution in [2.75, 3.05) is 0 Å². The van der Waals surface area contributed by atoms with Crippen LogP contribution < -0.4 is 28.7 Å². The molecule has 0 aliphatic rings. The molecule has 0 spiro atoms. The van der Waals surface area contributed by atoms with Crippen molar-refractivity contribution in [3.8, 4) is 5.75 Å². The number of carbonyl (C=O) groups excluding carboxylic acids is 1. The molecule has 1 N–H and O–H groups in total. The molecule has 4 nitrogen and oxygen atoms in total. The number of aliphatic hydroxyl groups is 1. The summed E-state index contributed by atoms with van der Waals surface area (Å²) >= 11 is 0. The van der Waals surface area contributed by atoms with E-state index in [2.05, 4.69) is 0 Å². The smallest absolute Gasteiger partial charge is 0.550 e. The molecule has 2 aromatic rings. The number of carboxylic acids is 1.